The van der Waals surface area contributed by atoms with E-state index >= 15 is 0 Å². The van der Waals surface area contributed by atoms with Gasteiger partial charge in [0, 0.05) is 29.6 Å². The number of fused-ring (bicyclic) bond motifs is 1. The lowest BCUT2D eigenvalue weighted by Gasteiger charge is -2.12. The quantitative estimate of drug-likeness (QED) is 0.380. The van der Waals surface area contributed by atoms with Crippen LogP contribution >= 0.6 is 0 Å². The second-order valence-electron chi connectivity index (χ2n) is 8.44. The fourth-order valence-corrected chi connectivity index (χ4v) is 5.63. The summed E-state index contributed by atoms with van der Waals surface area (Å²) in [5.74, 6) is -2.32. The third-order valence-electron chi connectivity index (χ3n) is 6.16. The lowest BCUT2D eigenvalue weighted by Crippen LogP contribution is -2.15. The molecule has 8 nitrogen and oxygen atoms in total. The van der Waals surface area contributed by atoms with E-state index in [0.717, 1.165) is 37.8 Å². The summed E-state index contributed by atoms with van der Waals surface area (Å²) >= 11 is 0. The molecule has 180 valence electrons. The highest BCUT2D eigenvalue weighted by atomic mass is 32.2. The van der Waals surface area contributed by atoms with Crippen molar-refractivity contribution in [2.24, 2.45) is 0 Å². The molecule has 4 aromatic rings. The highest BCUT2D eigenvalue weighted by molar-refractivity contribution is 7.92. The van der Waals surface area contributed by atoms with Gasteiger partial charge in [-0.15, -0.1) is 0 Å². The maximum absolute atomic E-state index is 14.1. The third-order valence-corrected chi connectivity index (χ3v) is 7.58. The van der Waals surface area contributed by atoms with Crippen molar-refractivity contribution >= 4 is 38.3 Å². The zero-order valence-corrected chi connectivity index (χ0v) is 19.2. The van der Waals surface area contributed by atoms with Gasteiger partial charge in [-0.3, -0.25) is 9.52 Å². The number of carbonyl (C=O) groups excluding carboxylic acids is 1. The Morgan fingerprint density at radius 3 is 2.60 bits per heavy atom. The monoisotopic (exact) mass is 497 g/mol. The average Bonchev–Trinajstić information content (AvgIpc) is 3.47. The molecule has 0 spiro atoms. The number of aromatic nitrogens is 3. The van der Waals surface area contributed by atoms with E-state index in [2.05, 4.69) is 14.7 Å². The molecule has 2 aromatic heterocycles. The third kappa shape index (κ3) is 4.23. The molecule has 0 amide bonds. The van der Waals surface area contributed by atoms with Crippen molar-refractivity contribution in [2.75, 3.05) is 10.5 Å². The number of halogens is 2. The minimum atomic E-state index is -4.36. The molecular formula is C24H21F2N5O3S. The molecule has 35 heavy (non-hydrogen) atoms. The number of ketones is 1. The number of nitrogens with zero attached hydrogens (tertiary/aromatic N) is 3. The summed E-state index contributed by atoms with van der Waals surface area (Å²) in [6, 6.07) is 8.19. The minimum Gasteiger partial charge on any atom is -0.383 e. The van der Waals surface area contributed by atoms with Gasteiger partial charge in [-0.25, -0.2) is 27.2 Å². The van der Waals surface area contributed by atoms with Crippen molar-refractivity contribution in [2.45, 2.75) is 36.6 Å². The van der Waals surface area contributed by atoms with E-state index in [4.69, 9.17) is 5.73 Å². The molecule has 0 atom stereocenters. The number of nitrogen functional groups attached to an aromatic ring is 1. The predicted octanol–water partition coefficient (Wildman–Crippen LogP) is 4.44. The highest BCUT2D eigenvalue weighted by Gasteiger charge is 2.26. The van der Waals surface area contributed by atoms with Gasteiger partial charge in [-0.1, -0.05) is 25.0 Å². The predicted molar refractivity (Wildman–Crippen MR) is 126 cm³/mol. The van der Waals surface area contributed by atoms with Crippen molar-refractivity contribution in [3.05, 3.63) is 77.8 Å². The molecule has 3 N–H and O–H groups in total. The van der Waals surface area contributed by atoms with E-state index in [-0.39, 0.29) is 28.9 Å². The topological polar surface area (TPSA) is 120 Å². The van der Waals surface area contributed by atoms with Crippen LogP contribution in [-0.4, -0.2) is 28.7 Å². The molecule has 0 aliphatic heterocycles. The van der Waals surface area contributed by atoms with Crippen LogP contribution in [0.3, 0.4) is 0 Å². The van der Waals surface area contributed by atoms with Crippen LogP contribution in [0, 0.1) is 11.6 Å². The Bertz CT molecular complexity index is 1560. The normalized spacial score (nSPS) is 14.5. The Morgan fingerprint density at radius 1 is 1.09 bits per heavy atom. The van der Waals surface area contributed by atoms with Crippen molar-refractivity contribution in [3.63, 3.8) is 0 Å². The number of hydrogen-bond donors (Lipinski definition) is 2. The fraction of sp³-hybridized carbons (Fsp3) is 0.208. The van der Waals surface area contributed by atoms with Crippen LogP contribution in [-0.2, 0) is 10.0 Å². The summed E-state index contributed by atoms with van der Waals surface area (Å²) in [5, 5.41) is 0.448. The lowest BCUT2D eigenvalue weighted by atomic mass is 10.0. The van der Waals surface area contributed by atoms with Crippen molar-refractivity contribution in [1.29, 1.82) is 0 Å². The molecule has 1 aliphatic rings. The summed E-state index contributed by atoms with van der Waals surface area (Å²) in [6.07, 6.45) is 7.22. The first kappa shape index (κ1) is 22.9. The first-order valence-electron chi connectivity index (χ1n) is 11.0. The maximum atomic E-state index is 14.1. The number of sulfonamides is 1. The van der Waals surface area contributed by atoms with Gasteiger partial charge >= 0.3 is 0 Å². The maximum Gasteiger partial charge on any atom is 0.264 e. The smallest absolute Gasteiger partial charge is 0.264 e. The zero-order valence-electron chi connectivity index (χ0n) is 18.4. The van der Waals surface area contributed by atoms with E-state index in [9.17, 15) is 22.0 Å². The zero-order chi connectivity index (χ0) is 24.7. The Labute approximate surface area is 199 Å². The van der Waals surface area contributed by atoms with E-state index in [0.29, 0.717) is 22.7 Å². The fourth-order valence-electron chi connectivity index (χ4n) is 4.52. The molecule has 1 fully saturated rings. The van der Waals surface area contributed by atoms with Gasteiger partial charge in [0.05, 0.1) is 10.9 Å². The SMILES string of the molecule is Nc1ncnc2c1c(C(=O)c1cccc(NS(=O)(=O)c3ccc(F)cc3F)c1)cn2C1CCCC1. The van der Waals surface area contributed by atoms with Crippen molar-refractivity contribution in [3.8, 4) is 0 Å². The summed E-state index contributed by atoms with van der Waals surface area (Å²) in [6.45, 7) is 0. The van der Waals surface area contributed by atoms with Crippen LogP contribution in [0.25, 0.3) is 11.0 Å². The summed E-state index contributed by atoms with van der Waals surface area (Å²) in [7, 11) is -4.36. The second-order valence-corrected chi connectivity index (χ2v) is 10.1. The number of carbonyl (C=O) groups is 1. The summed E-state index contributed by atoms with van der Waals surface area (Å²) < 4.78 is 56.8. The molecule has 2 heterocycles. The standard InChI is InChI=1S/C24H21F2N5O3S/c25-15-8-9-20(19(26)11-15)35(33,34)30-16-5-3-4-14(10-16)22(32)18-12-31(17-6-1-2-7-17)24-21(18)23(27)28-13-29-24/h3-5,8-13,17,30H,1-2,6-7H2,(H2,27,28,29). The molecule has 0 radical (unpaired) electrons. The molecule has 2 aromatic carbocycles. The Kier molecular flexibility index (Phi) is 5.72. The molecule has 11 heteroatoms. The van der Waals surface area contributed by atoms with E-state index in [1.807, 2.05) is 4.57 Å². The molecular weight excluding hydrogens is 476 g/mol. The van der Waals surface area contributed by atoms with Crippen LogP contribution in [0.15, 0.2) is 59.9 Å². The lowest BCUT2D eigenvalue weighted by molar-refractivity contribution is 0.104. The van der Waals surface area contributed by atoms with Crippen molar-refractivity contribution in [1.82, 2.24) is 14.5 Å². The number of anilines is 2. The Morgan fingerprint density at radius 2 is 1.86 bits per heavy atom. The van der Waals surface area contributed by atoms with E-state index in [1.165, 1.54) is 30.6 Å². The number of rotatable bonds is 6. The van der Waals surface area contributed by atoms with E-state index in [1.54, 1.807) is 6.20 Å². The van der Waals surface area contributed by atoms with Gasteiger partial charge < -0.3 is 10.3 Å². The Balaban J connectivity index is 1.51. The second kappa shape index (κ2) is 8.73. The molecule has 0 unspecified atom stereocenters. The van der Waals surface area contributed by atoms with E-state index < -0.39 is 26.6 Å². The number of nitrogens with one attached hydrogen (secondary N) is 1. The van der Waals surface area contributed by atoms with Crippen LogP contribution in [0.1, 0.15) is 47.6 Å². The van der Waals surface area contributed by atoms with Crippen LogP contribution in [0.2, 0.25) is 0 Å². The molecule has 1 aliphatic carbocycles. The number of nitrogens with two attached hydrogens (primary N) is 1. The first-order valence-corrected chi connectivity index (χ1v) is 12.5. The van der Waals surface area contributed by atoms with Gasteiger partial charge in [0.2, 0.25) is 0 Å². The van der Waals surface area contributed by atoms with Crippen LogP contribution in [0.4, 0.5) is 20.3 Å². The minimum absolute atomic E-state index is 0.0447. The molecule has 1 saturated carbocycles. The van der Waals surface area contributed by atoms with Gasteiger partial charge in [0.25, 0.3) is 10.0 Å². The van der Waals surface area contributed by atoms with Crippen molar-refractivity contribution < 1.29 is 22.0 Å². The first-order chi connectivity index (χ1) is 16.7. The Hall–Kier alpha value is -3.86. The summed E-state index contributed by atoms with van der Waals surface area (Å²) in [5.41, 5.74) is 7.25. The largest absolute Gasteiger partial charge is 0.383 e. The van der Waals surface area contributed by atoms with Gasteiger partial charge in [0.1, 0.15) is 34.3 Å². The van der Waals surface area contributed by atoms with Crippen LogP contribution in [0.5, 0.6) is 0 Å². The molecule has 0 saturated heterocycles. The average molecular weight is 498 g/mol. The van der Waals surface area contributed by atoms with Gasteiger partial charge in [0.15, 0.2) is 5.78 Å². The molecule has 0 bridgehead atoms. The van der Waals surface area contributed by atoms with Crippen LogP contribution < -0.4 is 10.5 Å². The van der Waals surface area contributed by atoms with Gasteiger partial charge in [-0.05, 0) is 37.1 Å². The summed E-state index contributed by atoms with van der Waals surface area (Å²) in [4.78, 5) is 21.2. The highest BCUT2D eigenvalue weighted by Crippen LogP contribution is 2.35. The number of hydrogen-bond acceptors (Lipinski definition) is 6. The number of benzene rings is 2. The van der Waals surface area contributed by atoms with Gasteiger partial charge in [-0.2, -0.15) is 0 Å². The molecule has 5 rings (SSSR count).